The van der Waals surface area contributed by atoms with Crippen molar-refractivity contribution >= 4 is 17.5 Å². The van der Waals surface area contributed by atoms with E-state index in [1.165, 1.54) is 5.56 Å². The number of benzene rings is 2. The molecule has 1 saturated heterocycles. The predicted octanol–water partition coefficient (Wildman–Crippen LogP) is 4.69. The summed E-state index contributed by atoms with van der Waals surface area (Å²) in [5, 5.41) is 3.11. The zero-order valence-electron chi connectivity index (χ0n) is 16.8. The Morgan fingerprint density at radius 1 is 1.15 bits per heavy atom. The lowest BCUT2D eigenvalue weighted by atomic mass is 9.83. The molecule has 0 spiro atoms. The Kier molecular flexibility index (Phi) is 5.09. The van der Waals surface area contributed by atoms with Crippen LogP contribution in [0.5, 0.6) is 0 Å². The number of likely N-dealkylation sites (tertiary alicyclic amines) is 1. The topological polar surface area (TPSA) is 49.4 Å². The number of hydrogen-bond acceptors (Lipinski definition) is 2. The molecule has 2 aromatic carbocycles. The summed E-state index contributed by atoms with van der Waals surface area (Å²) >= 11 is 0. The van der Waals surface area contributed by atoms with Crippen molar-refractivity contribution in [2.75, 3.05) is 5.32 Å². The zero-order valence-corrected chi connectivity index (χ0v) is 16.8. The van der Waals surface area contributed by atoms with Crippen LogP contribution in [0.2, 0.25) is 0 Å². The van der Waals surface area contributed by atoms with E-state index in [1.54, 1.807) is 4.90 Å². The molecule has 2 amide bonds. The first kappa shape index (κ1) is 19.2. The third-order valence-corrected chi connectivity index (χ3v) is 5.76. The minimum atomic E-state index is -0.889. The van der Waals surface area contributed by atoms with Gasteiger partial charge in [0.1, 0.15) is 5.54 Å². The van der Waals surface area contributed by atoms with Gasteiger partial charge in [-0.15, -0.1) is 0 Å². The van der Waals surface area contributed by atoms with Gasteiger partial charge in [-0.25, -0.2) is 0 Å². The first-order valence-corrected chi connectivity index (χ1v) is 9.54. The van der Waals surface area contributed by atoms with Gasteiger partial charge < -0.3 is 10.2 Å². The van der Waals surface area contributed by atoms with Gasteiger partial charge in [-0.2, -0.15) is 0 Å². The molecule has 2 aromatic rings. The quantitative estimate of drug-likeness (QED) is 0.782. The van der Waals surface area contributed by atoms with E-state index in [0.29, 0.717) is 12.8 Å². The lowest BCUT2D eigenvalue weighted by Gasteiger charge is -2.51. The highest BCUT2D eigenvalue weighted by atomic mass is 16.2. The van der Waals surface area contributed by atoms with Gasteiger partial charge in [-0.05, 0) is 50.8 Å². The van der Waals surface area contributed by atoms with Gasteiger partial charge >= 0.3 is 0 Å². The number of hydrogen-bond donors (Lipinski definition) is 1. The van der Waals surface area contributed by atoms with Crippen LogP contribution in [0.15, 0.2) is 42.5 Å². The first-order chi connectivity index (χ1) is 12.8. The van der Waals surface area contributed by atoms with E-state index in [9.17, 15) is 9.59 Å². The van der Waals surface area contributed by atoms with Crippen LogP contribution in [0, 0.1) is 20.8 Å². The molecule has 2 atom stereocenters. The summed E-state index contributed by atoms with van der Waals surface area (Å²) in [5.41, 5.74) is 4.27. The molecule has 4 heteroatoms. The zero-order chi connectivity index (χ0) is 19.8. The van der Waals surface area contributed by atoms with Gasteiger partial charge in [0, 0.05) is 5.69 Å². The molecule has 0 saturated carbocycles. The molecule has 27 heavy (non-hydrogen) atoms. The SMILES string of the molecule is CCC(C)(C(=O)Nc1c(C)cc(C)cc1C)N1C(=O)CC1c1ccccc1. The number of aryl methyl sites for hydroxylation is 3. The first-order valence-electron chi connectivity index (χ1n) is 9.54. The highest BCUT2D eigenvalue weighted by molar-refractivity contribution is 6.02. The van der Waals surface area contributed by atoms with Gasteiger partial charge in [0.15, 0.2) is 0 Å². The standard InChI is InChI=1S/C23H28N2O2/c1-6-23(5,22(27)24-21-16(3)12-15(2)13-17(21)4)25-19(14-20(25)26)18-10-8-7-9-11-18/h7-13,19H,6,14H2,1-5H3,(H,24,27). The number of amides is 2. The van der Waals surface area contributed by atoms with E-state index >= 15 is 0 Å². The smallest absolute Gasteiger partial charge is 0.250 e. The highest BCUT2D eigenvalue weighted by Crippen LogP contribution is 2.42. The van der Waals surface area contributed by atoms with Crippen LogP contribution < -0.4 is 5.32 Å². The van der Waals surface area contributed by atoms with E-state index < -0.39 is 5.54 Å². The summed E-state index contributed by atoms with van der Waals surface area (Å²) in [6.45, 7) is 9.88. The molecule has 0 radical (unpaired) electrons. The maximum atomic E-state index is 13.3. The number of carbonyl (C=O) groups is 2. The van der Waals surface area contributed by atoms with E-state index in [4.69, 9.17) is 0 Å². The fraction of sp³-hybridized carbons (Fsp3) is 0.391. The number of rotatable bonds is 5. The summed E-state index contributed by atoms with van der Waals surface area (Å²) in [5.74, 6) is -0.102. The summed E-state index contributed by atoms with van der Waals surface area (Å²) in [4.78, 5) is 27.6. The van der Waals surface area contributed by atoms with E-state index in [2.05, 4.69) is 17.4 Å². The lowest BCUT2D eigenvalue weighted by Crippen LogP contribution is -2.63. The summed E-state index contributed by atoms with van der Waals surface area (Å²) in [6.07, 6.45) is 1.01. The highest BCUT2D eigenvalue weighted by Gasteiger charge is 2.51. The maximum absolute atomic E-state index is 13.3. The van der Waals surface area contributed by atoms with Crippen LogP contribution in [-0.2, 0) is 9.59 Å². The Hall–Kier alpha value is -2.62. The Morgan fingerprint density at radius 2 is 1.74 bits per heavy atom. The number of carbonyl (C=O) groups excluding carboxylic acids is 2. The number of anilines is 1. The van der Waals surface area contributed by atoms with Gasteiger partial charge in [0.25, 0.3) is 0 Å². The van der Waals surface area contributed by atoms with Crippen molar-refractivity contribution in [2.24, 2.45) is 0 Å². The van der Waals surface area contributed by atoms with Gasteiger partial charge in [0.05, 0.1) is 12.5 Å². The lowest BCUT2D eigenvalue weighted by molar-refractivity contribution is -0.162. The number of β-lactam (4-membered cyclic amide) rings is 1. The molecule has 2 unspecified atom stereocenters. The Balaban J connectivity index is 1.90. The minimum absolute atomic E-state index is 0.0284. The third kappa shape index (κ3) is 3.36. The fourth-order valence-electron chi connectivity index (χ4n) is 4.04. The monoisotopic (exact) mass is 364 g/mol. The second-order valence-corrected chi connectivity index (χ2v) is 7.75. The number of nitrogens with one attached hydrogen (secondary N) is 1. The van der Waals surface area contributed by atoms with E-state index in [-0.39, 0.29) is 17.9 Å². The van der Waals surface area contributed by atoms with Crippen LogP contribution in [0.1, 0.15) is 55.0 Å². The molecule has 142 valence electrons. The molecular formula is C23H28N2O2. The van der Waals surface area contributed by atoms with Crippen molar-refractivity contribution in [1.82, 2.24) is 4.90 Å². The van der Waals surface area contributed by atoms with Gasteiger partial charge in [-0.1, -0.05) is 55.0 Å². The largest absolute Gasteiger partial charge is 0.324 e. The van der Waals surface area contributed by atoms with Crippen molar-refractivity contribution in [3.05, 3.63) is 64.7 Å². The van der Waals surface area contributed by atoms with E-state index in [0.717, 1.165) is 22.4 Å². The average molecular weight is 364 g/mol. The van der Waals surface area contributed by atoms with Crippen LogP contribution in [-0.4, -0.2) is 22.3 Å². The van der Waals surface area contributed by atoms with Crippen LogP contribution in [0.4, 0.5) is 5.69 Å². The molecule has 1 heterocycles. The molecule has 1 fully saturated rings. The van der Waals surface area contributed by atoms with Gasteiger partial charge in [-0.3, -0.25) is 9.59 Å². The second-order valence-electron chi connectivity index (χ2n) is 7.75. The minimum Gasteiger partial charge on any atom is -0.324 e. The molecule has 1 aliphatic rings. The van der Waals surface area contributed by atoms with E-state index in [1.807, 2.05) is 65.0 Å². The molecule has 3 rings (SSSR count). The third-order valence-electron chi connectivity index (χ3n) is 5.76. The van der Waals surface area contributed by atoms with Crippen molar-refractivity contribution in [3.63, 3.8) is 0 Å². The van der Waals surface area contributed by atoms with Crippen LogP contribution in [0.3, 0.4) is 0 Å². The molecule has 1 N–H and O–H groups in total. The van der Waals surface area contributed by atoms with Crippen LogP contribution >= 0.6 is 0 Å². The predicted molar refractivity (Wildman–Crippen MR) is 109 cm³/mol. The van der Waals surface area contributed by atoms with Crippen molar-refractivity contribution in [3.8, 4) is 0 Å². The van der Waals surface area contributed by atoms with Crippen molar-refractivity contribution < 1.29 is 9.59 Å². The Morgan fingerprint density at radius 3 is 2.26 bits per heavy atom. The molecule has 0 aromatic heterocycles. The average Bonchev–Trinajstić information content (AvgIpc) is 2.62. The molecule has 1 aliphatic heterocycles. The normalized spacial score (nSPS) is 18.6. The number of nitrogens with zero attached hydrogens (tertiary/aromatic N) is 1. The second kappa shape index (κ2) is 7.18. The fourth-order valence-corrected chi connectivity index (χ4v) is 4.04. The molecule has 0 aliphatic carbocycles. The van der Waals surface area contributed by atoms with Crippen molar-refractivity contribution in [1.29, 1.82) is 0 Å². The van der Waals surface area contributed by atoms with Crippen molar-refractivity contribution in [2.45, 2.75) is 59.0 Å². The maximum Gasteiger partial charge on any atom is 0.250 e. The Bertz CT molecular complexity index is 852. The molecule has 4 nitrogen and oxygen atoms in total. The summed E-state index contributed by atoms with van der Waals surface area (Å²) < 4.78 is 0. The summed E-state index contributed by atoms with van der Waals surface area (Å²) in [6, 6.07) is 14.0. The van der Waals surface area contributed by atoms with Gasteiger partial charge in [0.2, 0.25) is 11.8 Å². The summed E-state index contributed by atoms with van der Waals surface area (Å²) in [7, 11) is 0. The molecular weight excluding hydrogens is 336 g/mol. The van der Waals surface area contributed by atoms with Crippen LogP contribution in [0.25, 0.3) is 0 Å². The molecule has 0 bridgehead atoms. The Labute approximate surface area is 161 Å².